The van der Waals surface area contributed by atoms with E-state index in [1.54, 1.807) is 24.3 Å². The summed E-state index contributed by atoms with van der Waals surface area (Å²) >= 11 is -2.08. The van der Waals surface area contributed by atoms with Crippen LogP contribution < -0.4 is 10.4 Å². The number of benzene rings is 3. The van der Waals surface area contributed by atoms with Crippen molar-refractivity contribution >= 4 is 32.3 Å². The van der Waals surface area contributed by atoms with Gasteiger partial charge in [0, 0.05) is 16.7 Å². The molecule has 1 unspecified atom stereocenters. The van der Waals surface area contributed by atoms with Gasteiger partial charge in [0.05, 0.1) is 35.9 Å². The van der Waals surface area contributed by atoms with Crippen molar-refractivity contribution in [3.63, 3.8) is 0 Å². The van der Waals surface area contributed by atoms with E-state index in [2.05, 4.69) is 9.69 Å². The van der Waals surface area contributed by atoms with Gasteiger partial charge in [0.1, 0.15) is 0 Å². The van der Waals surface area contributed by atoms with Gasteiger partial charge in [-0.1, -0.05) is 18.2 Å². The summed E-state index contributed by atoms with van der Waals surface area (Å²) in [4.78, 5) is 7.07. The molecular weight excluding hydrogens is 520 g/mol. The summed E-state index contributed by atoms with van der Waals surface area (Å²) in [6.07, 6.45) is 1.68. The summed E-state index contributed by atoms with van der Waals surface area (Å²) in [6.45, 7) is 15.5. The molecule has 0 aromatic heterocycles. The zero-order valence-corrected chi connectivity index (χ0v) is 21.5. The second-order valence-corrected chi connectivity index (χ2v) is 12.0. The summed E-state index contributed by atoms with van der Waals surface area (Å²) in [6, 6.07) is 14.0. The number of hydrogen-bond acceptors (Lipinski definition) is 5. The Morgan fingerprint density at radius 3 is 1.89 bits per heavy atom. The average Bonchev–Trinajstić information content (AvgIpc) is 3.43. The Balaban J connectivity index is 2.04. The quantitative estimate of drug-likeness (QED) is 0.279. The lowest BCUT2D eigenvalue weighted by atomic mass is 9.90. The van der Waals surface area contributed by atoms with Gasteiger partial charge in [0.15, 0.2) is 20.9 Å². The molecule has 0 saturated carbocycles. The largest absolute Gasteiger partial charge is 0.306 e. The van der Waals surface area contributed by atoms with Gasteiger partial charge in [-0.2, -0.15) is 0 Å². The van der Waals surface area contributed by atoms with Crippen LogP contribution in [0.15, 0.2) is 41.3 Å². The minimum Gasteiger partial charge on any atom is -0.306 e. The molecule has 1 atom stereocenters. The molecule has 0 bridgehead atoms. The lowest BCUT2D eigenvalue weighted by Crippen LogP contribution is -2.25. The second kappa shape index (κ2) is 9.06. The first kappa shape index (κ1) is 25.1. The van der Waals surface area contributed by atoms with Crippen LogP contribution in [0.5, 0.6) is 0 Å². The van der Waals surface area contributed by atoms with E-state index in [0.717, 1.165) is 17.4 Å². The molecular formula is C28H16N4O4S2. The Morgan fingerprint density at radius 2 is 1.45 bits per heavy atom. The highest BCUT2D eigenvalue weighted by Gasteiger charge is 2.32. The number of hydrogen-bond donors (Lipinski definition) is 1. The molecule has 184 valence electrons. The van der Waals surface area contributed by atoms with E-state index in [4.69, 9.17) is 13.1 Å². The Labute approximate surface area is 221 Å². The maximum Gasteiger partial charge on any atom is 0.269 e. The van der Waals surface area contributed by atoms with Crippen LogP contribution in [0.25, 0.3) is 43.3 Å². The van der Waals surface area contributed by atoms with E-state index in [0.29, 0.717) is 55.8 Å². The summed E-state index contributed by atoms with van der Waals surface area (Å²) in [5.41, 5.74) is 5.28. The minimum atomic E-state index is -3.56. The molecule has 2 aliphatic rings. The van der Waals surface area contributed by atoms with Gasteiger partial charge in [0.25, 0.3) is 11.4 Å². The fourth-order valence-corrected chi connectivity index (χ4v) is 6.51. The first-order chi connectivity index (χ1) is 18.1. The molecule has 0 saturated heterocycles. The molecule has 1 N–H and O–H groups in total. The molecule has 2 aliphatic carbocycles. The van der Waals surface area contributed by atoms with E-state index in [1.165, 1.54) is 12.1 Å². The van der Waals surface area contributed by atoms with Crippen molar-refractivity contribution in [2.24, 2.45) is 0 Å². The monoisotopic (exact) mass is 536 g/mol. The van der Waals surface area contributed by atoms with Crippen LogP contribution in [-0.4, -0.2) is 23.4 Å². The Morgan fingerprint density at radius 1 is 0.947 bits per heavy atom. The van der Waals surface area contributed by atoms with Crippen LogP contribution in [0.2, 0.25) is 0 Å². The van der Waals surface area contributed by atoms with Crippen molar-refractivity contribution in [1.29, 1.82) is 10.5 Å². The van der Waals surface area contributed by atoms with E-state index in [-0.39, 0.29) is 28.5 Å². The van der Waals surface area contributed by atoms with Crippen molar-refractivity contribution < 1.29 is 17.2 Å². The smallest absolute Gasteiger partial charge is 0.269 e. The number of rotatable bonds is 3. The molecule has 8 nitrogen and oxygen atoms in total. The van der Waals surface area contributed by atoms with Gasteiger partial charge < -0.3 is 4.55 Å². The van der Waals surface area contributed by atoms with Crippen LogP contribution in [0, 0.1) is 35.8 Å². The van der Waals surface area contributed by atoms with Gasteiger partial charge in [-0.05, 0) is 81.1 Å². The molecule has 10 heteroatoms. The zero-order valence-electron chi connectivity index (χ0n) is 19.9. The maximum absolute atomic E-state index is 12.4. The second-order valence-electron chi connectivity index (χ2n) is 9.00. The predicted molar refractivity (Wildman–Crippen MR) is 141 cm³/mol. The molecule has 0 heterocycles. The molecule has 38 heavy (non-hydrogen) atoms. The van der Waals surface area contributed by atoms with Crippen molar-refractivity contribution in [1.82, 2.24) is 0 Å². The zero-order chi connectivity index (χ0) is 27.4. The van der Waals surface area contributed by atoms with E-state index in [1.807, 2.05) is 12.1 Å². The van der Waals surface area contributed by atoms with Gasteiger partial charge in [-0.15, -0.1) is 0 Å². The summed E-state index contributed by atoms with van der Waals surface area (Å²) in [7, 11) is -3.56. The first-order valence-electron chi connectivity index (χ1n) is 11.2. The molecule has 5 rings (SSSR count). The fourth-order valence-electron chi connectivity index (χ4n) is 5.39. The van der Waals surface area contributed by atoms with Crippen LogP contribution in [0.1, 0.15) is 27.8 Å². The van der Waals surface area contributed by atoms with Crippen molar-refractivity contribution in [3.05, 3.63) is 97.5 Å². The van der Waals surface area contributed by atoms with Crippen molar-refractivity contribution in [2.45, 2.75) is 23.5 Å². The van der Waals surface area contributed by atoms with Gasteiger partial charge in [-0.25, -0.2) is 32.8 Å². The Hall–Kier alpha value is -4.58. The Kier molecular flexibility index (Phi) is 5.98. The molecule has 0 amide bonds. The lowest BCUT2D eigenvalue weighted by Gasteiger charge is -2.14. The number of nitriles is 2. The normalized spacial score (nSPS) is 14.9. The van der Waals surface area contributed by atoms with Gasteiger partial charge >= 0.3 is 0 Å². The standard InChI is InChI=1S/C28H16N4O4S2/c1-31-23(12-29)27-22-10-17-6-7-18(38(3,35)36)11-20(17)26(22)28(24(13-30)32-2)21-9-16-5-4-15(14-37(33)34)8-19(16)25(21)27/h4-8,11H,9-10,14H2,3H3,(H,33,34)/b27-23-,28-24+. The van der Waals surface area contributed by atoms with Crippen molar-refractivity contribution in [2.75, 3.05) is 6.26 Å². The molecule has 0 aliphatic heterocycles. The number of nitrogens with zero attached hydrogens (tertiary/aromatic N) is 4. The Bertz CT molecular complexity index is 2020. The number of fused-ring (bicyclic) bond motifs is 6. The third-order valence-electron chi connectivity index (χ3n) is 6.86. The van der Waals surface area contributed by atoms with Crippen LogP contribution >= 0.6 is 0 Å². The van der Waals surface area contributed by atoms with Crippen LogP contribution in [-0.2, 0) is 39.5 Å². The molecule has 0 spiro atoms. The predicted octanol–water partition coefficient (Wildman–Crippen LogP) is 3.06. The van der Waals surface area contributed by atoms with Crippen LogP contribution in [0.4, 0.5) is 0 Å². The minimum absolute atomic E-state index is 0.0815. The van der Waals surface area contributed by atoms with Gasteiger partial charge in [0.2, 0.25) is 0 Å². The highest BCUT2D eigenvalue weighted by atomic mass is 32.2. The molecule has 3 aromatic rings. The van der Waals surface area contributed by atoms with Gasteiger partial charge in [-0.3, -0.25) is 0 Å². The van der Waals surface area contributed by atoms with E-state index < -0.39 is 20.9 Å². The third-order valence-corrected chi connectivity index (χ3v) is 8.55. The highest BCUT2D eigenvalue weighted by Crippen LogP contribution is 2.41. The topological polar surface area (TPSA) is 128 Å². The summed E-state index contributed by atoms with van der Waals surface area (Å²) in [5, 5.41) is 20.6. The average molecular weight is 537 g/mol. The fraction of sp³-hybridized carbons (Fsp3) is 0.143. The first-order valence-corrected chi connectivity index (χ1v) is 14.3. The van der Waals surface area contributed by atoms with Crippen LogP contribution in [0.3, 0.4) is 0 Å². The van der Waals surface area contributed by atoms with Crippen molar-refractivity contribution in [3.8, 4) is 34.4 Å². The molecule has 0 radical (unpaired) electrons. The molecule has 0 fully saturated rings. The summed E-state index contributed by atoms with van der Waals surface area (Å²) < 4.78 is 45.6. The molecule has 3 aromatic carbocycles. The third kappa shape index (κ3) is 3.80. The van der Waals surface area contributed by atoms with E-state index >= 15 is 0 Å². The number of sulfone groups is 1. The SMILES string of the molecule is [C-]#[N+]/C(C#N)=c1/c2c(/c(=C(\C#N)[N+]#[C-])c3c1-c1cc(CS(=O)O)ccc1C3)-c1cc(S(C)(=O)=O)ccc1C2. The highest BCUT2D eigenvalue weighted by molar-refractivity contribution is 7.90. The lowest BCUT2D eigenvalue weighted by molar-refractivity contribution is 0.563. The van der Waals surface area contributed by atoms with E-state index in [9.17, 15) is 27.7 Å². The summed E-state index contributed by atoms with van der Waals surface area (Å²) in [5.74, 6) is -0.106. The maximum atomic E-state index is 12.4.